The van der Waals surface area contributed by atoms with Gasteiger partial charge in [-0.1, -0.05) is 30.0 Å². The maximum Gasteiger partial charge on any atom is 0.237 e. The summed E-state index contributed by atoms with van der Waals surface area (Å²) in [5, 5.41) is 11.9. The zero-order valence-electron chi connectivity index (χ0n) is 17.8. The molecule has 33 heavy (non-hydrogen) atoms. The largest absolute Gasteiger partial charge is 0.486 e. The highest BCUT2D eigenvalue weighted by Gasteiger charge is 2.22. The molecule has 4 aromatic rings. The summed E-state index contributed by atoms with van der Waals surface area (Å²) in [4.78, 5) is 17.1. The molecule has 2 aromatic carbocycles. The van der Waals surface area contributed by atoms with Crippen LogP contribution in [-0.4, -0.2) is 44.1 Å². The van der Waals surface area contributed by atoms with Crippen molar-refractivity contribution in [1.29, 1.82) is 0 Å². The standard InChI is InChI=1S/C24H21N5O3S/c1-16(23(30)26-18-9-10-20-21(14-18)32-13-12-31-20)33-24-28-27-22(17-6-5-11-25-15-17)29(24)19-7-3-2-4-8-19/h2-11,14-16H,12-13H2,1H3,(H,26,30)/t16-/m0/s1. The molecule has 9 heteroatoms. The van der Waals surface area contributed by atoms with Gasteiger partial charge < -0.3 is 14.8 Å². The second-order valence-corrected chi connectivity index (χ2v) is 8.63. The number of aromatic nitrogens is 4. The molecule has 1 aliphatic rings. The molecular formula is C24H21N5O3S. The number of ether oxygens (including phenoxy) is 2. The molecule has 0 radical (unpaired) electrons. The second-order valence-electron chi connectivity index (χ2n) is 7.33. The van der Waals surface area contributed by atoms with Crippen LogP contribution in [0.4, 0.5) is 5.69 Å². The van der Waals surface area contributed by atoms with Crippen molar-refractivity contribution < 1.29 is 14.3 Å². The summed E-state index contributed by atoms with van der Waals surface area (Å²) >= 11 is 1.34. The molecule has 0 bridgehead atoms. The van der Waals surface area contributed by atoms with Gasteiger partial charge in [-0.15, -0.1) is 10.2 Å². The van der Waals surface area contributed by atoms with E-state index in [9.17, 15) is 4.79 Å². The molecule has 1 N–H and O–H groups in total. The summed E-state index contributed by atoms with van der Waals surface area (Å²) in [6.45, 7) is 2.85. The van der Waals surface area contributed by atoms with Crippen LogP contribution in [0.5, 0.6) is 11.5 Å². The second kappa shape index (κ2) is 9.33. The third kappa shape index (κ3) is 4.54. The predicted octanol–water partition coefficient (Wildman–Crippen LogP) is 4.22. The Bertz CT molecular complexity index is 1260. The van der Waals surface area contributed by atoms with Crippen molar-refractivity contribution in [3.05, 3.63) is 73.1 Å². The summed E-state index contributed by atoms with van der Waals surface area (Å²) in [5.41, 5.74) is 2.40. The van der Waals surface area contributed by atoms with E-state index in [-0.39, 0.29) is 5.91 Å². The minimum atomic E-state index is -0.424. The Labute approximate surface area is 195 Å². The van der Waals surface area contributed by atoms with E-state index < -0.39 is 5.25 Å². The number of pyridine rings is 1. The fourth-order valence-electron chi connectivity index (χ4n) is 3.41. The number of hydrogen-bond donors (Lipinski definition) is 1. The first kappa shape index (κ1) is 21.0. The molecule has 166 valence electrons. The number of carbonyl (C=O) groups is 1. The Balaban J connectivity index is 1.38. The highest BCUT2D eigenvalue weighted by molar-refractivity contribution is 8.00. The number of nitrogens with zero attached hydrogens (tertiary/aromatic N) is 4. The molecule has 0 unspecified atom stereocenters. The molecule has 0 saturated carbocycles. The van der Waals surface area contributed by atoms with Crippen molar-refractivity contribution in [2.75, 3.05) is 18.5 Å². The van der Waals surface area contributed by atoms with E-state index in [1.807, 2.05) is 54.0 Å². The van der Waals surface area contributed by atoms with Crippen LogP contribution in [0.15, 0.2) is 78.2 Å². The lowest BCUT2D eigenvalue weighted by Gasteiger charge is -2.19. The Hall–Kier alpha value is -3.85. The maximum atomic E-state index is 12.9. The van der Waals surface area contributed by atoms with Gasteiger partial charge in [0.15, 0.2) is 22.5 Å². The first-order valence-corrected chi connectivity index (χ1v) is 11.4. The third-order valence-electron chi connectivity index (χ3n) is 5.03. The van der Waals surface area contributed by atoms with Crippen LogP contribution in [0.2, 0.25) is 0 Å². The molecule has 5 rings (SSSR count). The molecule has 2 aromatic heterocycles. The van der Waals surface area contributed by atoms with Gasteiger partial charge in [0.05, 0.1) is 5.25 Å². The van der Waals surface area contributed by atoms with Crippen molar-refractivity contribution in [3.8, 4) is 28.6 Å². The van der Waals surface area contributed by atoms with Gasteiger partial charge >= 0.3 is 0 Å². The van der Waals surface area contributed by atoms with Crippen LogP contribution in [0, 0.1) is 0 Å². The lowest BCUT2D eigenvalue weighted by Crippen LogP contribution is -2.23. The summed E-state index contributed by atoms with van der Waals surface area (Å²) in [7, 11) is 0. The summed E-state index contributed by atoms with van der Waals surface area (Å²) in [6.07, 6.45) is 3.46. The molecule has 0 spiro atoms. The van der Waals surface area contributed by atoms with Gasteiger partial charge in [0.25, 0.3) is 0 Å². The molecule has 3 heterocycles. The number of amides is 1. The van der Waals surface area contributed by atoms with Gasteiger partial charge in [-0.25, -0.2) is 0 Å². The number of carbonyl (C=O) groups excluding carboxylic acids is 1. The fraction of sp³-hybridized carbons (Fsp3) is 0.167. The molecule has 0 aliphatic carbocycles. The number of fused-ring (bicyclic) bond motifs is 1. The first-order chi connectivity index (χ1) is 16.2. The van der Waals surface area contributed by atoms with Crippen molar-refractivity contribution in [2.45, 2.75) is 17.3 Å². The van der Waals surface area contributed by atoms with E-state index in [4.69, 9.17) is 9.47 Å². The van der Waals surface area contributed by atoms with Crippen LogP contribution in [0.25, 0.3) is 17.1 Å². The van der Waals surface area contributed by atoms with Crippen molar-refractivity contribution in [1.82, 2.24) is 19.7 Å². The van der Waals surface area contributed by atoms with Gasteiger partial charge in [-0.2, -0.15) is 0 Å². The number of benzene rings is 2. The lowest BCUT2D eigenvalue weighted by molar-refractivity contribution is -0.115. The highest BCUT2D eigenvalue weighted by atomic mass is 32.2. The summed E-state index contributed by atoms with van der Waals surface area (Å²) in [6, 6.07) is 19.0. The van der Waals surface area contributed by atoms with Crippen LogP contribution < -0.4 is 14.8 Å². The van der Waals surface area contributed by atoms with Crippen LogP contribution >= 0.6 is 11.8 Å². The van der Waals surface area contributed by atoms with Gasteiger partial charge in [0, 0.05) is 35.4 Å². The molecule has 1 amide bonds. The Morgan fingerprint density at radius 1 is 1.03 bits per heavy atom. The molecular weight excluding hydrogens is 438 g/mol. The number of para-hydroxylation sites is 1. The zero-order chi connectivity index (χ0) is 22.6. The summed E-state index contributed by atoms with van der Waals surface area (Å²) < 4.78 is 13.1. The SMILES string of the molecule is C[C@H](Sc1nnc(-c2cccnc2)n1-c1ccccc1)C(=O)Nc1ccc2c(c1)OCCO2. The van der Waals surface area contributed by atoms with E-state index in [1.165, 1.54) is 11.8 Å². The van der Waals surface area contributed by atoms with Gasteiger partial charge in [0.1, 0.15) is 13.2 Å². The molecule has 1 aliphatic heterocycles. The number of anilines is 1. The molecule has 0 saturated heterocycles. The van der Waals surface area contributed by atoms with Gasteiger partial charge in [-0.05, 0) is 43.3 Å². The van der Waals surface area contributed by atoms with E-state index >= 15 is 0 Å². The van der Waals surface area contributed by atoms with E-state index in [2.05, 4.69) is 20.5 Å². The molecule has 0 fully saturated rings. The smallest absolute Gasteiger partial charge is 0.237 e. The van der Waals surface area contributed by atoms with Crippen molar-refractivity contribution in [2.24, 2.45) is 0 Å². The van der Waals surface area contributed by atoms with E-state index in [1.54, 1.807) is 30.6 Å². The lowest BCUT2D eigenvalue weighted by atomic mass is 10.2. The van der Waals surface area contributed by atoms with Gasteiger partial charge in [0.2, 0.25) is 5.91 Å². The summed E-state index contributed by atoms with van der Waals surface area (Å²) in [5.74, 6) is 1.82. The molecule has 8 nitrogen and oxygen atoms in total. The minimum absolute atomic E-state index is 0.151. The predicted molar refractivity (Wildman–Crippen MR) is 126 cm³/mol. The number of rotatable bonds is 6. The quantitative estimate of drug-likeness (QED) is 0.432. The number of thioether (sulfide) groups is 1. The monoisotopic (exact) mass is 459 g/mol. The van der Waals surface area contributed by atoms with Gasteiger partial charge in [-0.3, -0.25) is 14.3 Å². The normalized spacial score (nSPS) is 13.4. The Kier molecular flexibility index (Phi) is 5.95. The van der Waals surface area contributed by atoms with Crippen LogP contribution in [0.3, 0.4) is 0 Å². The van der Waals surface area contributed by atoms with Crippen LogP contribution in [-0.2, 0) is 4.79 Å². The zero-order valence-corrected chi connectivity index (χ0v) is 18.7. The average molecular weight is 460 g/mol. The Morgan fingerprint density at radius 2 is 1.85 bits per heavy atom. The van der Waals surface area contributed by atoms with Crippen LogP contribution in [0.1, 0.15) is 6.92 Å². The third-order valence-corrected chi connectivity index (χ3v) is 6.07. The fourth-order valence-corrected chi connectivity index (χ4v) is 4.28. The number of nitrogens with one attached hydrogen (secondary N) is 1. The topological polar surface area (TPSA) is 91.2 Å². The van der Waals surface area contributed by atoms with E-state index in [0.717, 1.165) is 11.3 Å². The first-order valence-electron chi connectivity index (χ1n) is 10.5. The van der Waals surface area contributed by atoms with Crippen molar-refractivity contribution in [3.63, 3.8) is 0 Å². The number of hydrogen-bond acceptors (Lipinski definition) is 7. The Morgan fingerprint density at radius 3 is 2.64 bits per heavy atom. The van der Waals surface area contributed by atoms with E-state index in [0.29, 0.717) is 41.4 Å². The maximum absolute atomic E-state index is 12.9. The average Bonchev–Trinajstić information content (AvgIpc) is 3.28. The molecule has 1 atom stereocenters. The van der Waals surface area contributed by atoms with Crippen molar-refractivity contribution >= 4 is 23.4 Å². The highest BCUT2D eigenvalue weighted by Crippen LogP contribution is 2.34. The minimum Gasteiger partial charge on any atom is -0.486 e.